The van der Waals surface area contributed by atoms with Gasteiger partial charge in [0.1, 0.15) is 0 Å². The number of carbonyl (C=O) groups excluding carboxylic acids is 1. The van der Waals surface area contributed by atoms with Gasteiger partial charge in [-0.15, -0.1) is 11.3 Å². The third kappa shape index (κ3) is 3.64. The van der Waals surface area contributed by atoms with Crippen LogP contribution in [0.1, 0.15) is 35.3 Å². The smallest absolute Gasteiger partial charge is 0.338 e. The maximum atomic E-state index is 12.6. The summed E-state index contributed by atoms with van der Waals surface area (Å²) in [6, 6.07) is 9.14. The van der Waals surface area contributed by atoms with Crippen LogP contribution < -0.4 is 0 Å². The molecule has 6 heteroatoms. The number of hydrogen-bond acceptors (Lipinski definition) is 2. The van der Waals surface area contributed by atoms with Crippen LogP contribution in [0.25, 0.3) is 0 Å². The molecule has 2 nitrogen and oxygen atoms in total. The van der Waals surface area contributed by atoms with Crippen molar-refractivity contribution >= 4 is 17.2 Å². The molecule has 0 bridgehead atoms. The monoisotopic (exact) mass is 353 g/mol. The van der Waals surface area contributed by atoms with E-state index in [2.05, 4.69) is 0 Å². The van der Waals surface area contributed by atoms with Gasteiger partial charge in [0, 0.05) is 17.3 Å². The van der Waals surface area contributed by atoms with Crippen LogP contribution in [0.3, 0.4) is 0 Å². The third-order valence-electron chi connectivity index (χ3n) is 4.39. The SMILES string of the molecule is CCN(Cc1cccs1)C(=O)C1CC1c1ccc(C(F)(F)F)cc1. The predicted octanol–water partition coefficient (Wildman–Crippen LogP) is 4.92. The van der Waals surface area contributed by atoms with E-state index in [1.807, 2.05) is 29.3 Å². The fourth-order valence-electron chi connectivity index (χ4n) is 2.93. The van der Waals surface area contributed by atoms with Gasteiger partial charge >= 0.3 is 6.18 Å². The lowest BCUT2D eigenvalue weighted by molar-refractivity contribution is -0.137. The van der Waals surface area contributed by atoms with Crippen LogP contribution in [0.2, 0.25) is 0 Å². The summed E-state index contributed by atoms with van der Waals surface area (Å²) >= 11 is 1.62. The van der Waals surface area contributed by atoms with Crippen LogP contribution in [0.4, 0.5) is 13.2 Å². The number of amides is 1. The van der Waals surface area contributed by atoms with Crippen molar-refractivity contribution in [1.82, 2.24) is 4.90 Å². The van der Waals surface area contributed by atoms with E-state index in [0.29, 0.717) is 19.5 Å². The highest BCUT2D eigenvalue weighted by molar-refractivity contribution is 7.09. The maximum absolute atomic E-state index is 12.6. The molecule has 2 aromatic rings. The second kappa shape index (κ2) is 6.59. The summed E-state index contributed by atoms with van der Waals surface area (Å²) in [4.78, 5) is 15.6. The summed E-state index contributed by atoms with van der Waals surface area (Å²) < 4.78 is 37.8. The predicted molar refractivity (Wildman–Crippen MR) is 87.7 cm³/mol. The Kier molecular flexibility index (Phi) is 4.67. The van der Waals surface area contributed by atoms with Gasteiger partial charge in [0.15, 0.2) is 0 Å². The highest BCUT2D eigenvalue weighted by atomic mass is 32.1. The molecule has 1 aromatic carbocycles. The first-order valence-electron chi connectivity index (χ1n) is 7.88. The second-order valence-corrected chi connectivity index (χ2v) is 7.03. The lowest BCUT2D eigenvalue weighted by atomic mass is 10.1. The Hall–Kier alpha value is -1.82. The van der Waals surface area contributed by atoms with Crippen LogP contribution in [0.15, 0.2) is 41.8 Å². The molecular formula is C18H18F3NOS. The molecule has 0 aliphatic heterocycles. The Bertz CT molecular complexity index is 694. The molecule has 128 valence electrons. The molecule has 1 aliphatic carbocycles. The minimum Gasteiger partial charge on any atom is -0.338 e. The van der Waals surface area contributed by atoms with Crippen LogP contribution in [0, 0.1) is 5.92 Å². The fraction of sp³-hybridized carbons (Fsp3) is 0.389. The van der Waals surface area contributed by atoms with E-state index in [9.17, 15) is 18.0 Å². The van der Waals surface area contributed by atoms with Crippen LogP contribution in [-0.4, -0.2) is 17.4 Å². The van der Waals surface area contributed by atoms with Crippen molar-refractivity contribution in [3.63, 3.8) is 0 Å². The summed E-state index contributed by atoms with van der Waals surface area (Å²) in [5.74, 6) is 0.0228. The normalized spacial score (nSPS) is 20.0. The van der Waals surface area contributed by atoms with Crippen molar-refractivity contribution in [2.45, 2.75) is 32.0 Å². The van der Waals surface area contributed by atoms with Gasteiger partial charge in [-0.05, 0) is 48.4 Å². The number of nitrogens with zero attached hydrogens (tertiary/aromatic N) is 1. The summed E-state index contributed by atoms with van der Waals surface area (Å²) in [5, 5.41) is 1.98. The zero-order chi connectivity index (χ0) is 17.3. The van der Waals surface area contributed by atoms with Gasteiger partial charge in [-0.25, -0.2) is 0 Å². The molecule has 1 aromatic heterocycles. The number of carbonyl (C=O) groups is 1. The molecule has 0 saturated heterocycles. The van der Waals surface area contributed by atoms with Crippen molar-refractivity contribution in [1.29, 1.82) is 0 Å². The number of rotatable bonds is 5. The van der Waals surface area contributed by atoms with Crippen molar-refractivity contribution in [3.05, 3.63) is 57.8 Å². The van der Waals surface area contributed by atoms with E-state index in [1.54, 1.807) is 11.3 Å². The lowest BCUT2D eigenvalue weighted by Gasteiger charge is -2.20. The van der Waals surface area contributed by atoms with E-state index in [4.69, 9.17) is 0 Å². The van der Waals surface area contributed by atoms with E-state index < -0.39 is 11.7 Å². The molecule has 1 fully saturated rings. The second-order valence-electron chi connectivity index (χ2n) is 6.00. The van der Waals surface area contributed by atoms with Gasteiger partial charge < -0.3 is 4.90 Å². The first kappa shape index (κ1) is 17.0. The summed E-state index contributed by atoms with van der Waals surface area (Å²) in [6.07, 6.45) is -3.61. The summed E-state index contributed by atoms with van der Waals surface area (Å²) in [7, 11) is 0. The van der Waals surface area contributed by atoms with Crippen molar-refractivity contribution in [3.8, 4) is 0 Å². The van der Waals surface area contributed by atoms with Crippen molar-refractivity contribution in [2.24, 2.45) is 5.92 Å². The first-order valence-corrected chi connectivity index (χ1v) is 8.76. The van der Waals surface area contributed by atoms with Crippen LogP contribution in [-0.2, 0) is 17.5 Å². The van der Waals surface area contributed by atoms with Gasteiger partial charge in [0.2, 0.25) is 5.91 Å². The molecule has 24 heavy (non-hydrogen) atoms. The Labute approximate surface area is 142 Å². The zero-order valence-electron chi connectivity index (χ0n) is 13.2. The molecule has 0 radical (unpaired) electrons. The van der Waals surface area contributed by atoms with Crippen LogP contribution >= 0.6 is 11.3 Å². The number of hydrogen-bond donors (Lipinski definition) is 0. The quantitative estimate of drug-likeness (QED) is 0.747. The van der Waals surface area contributed by atoms with Gasteiger partial charge in [-0.2, -0.15) is 13.2 Å². The van der Waals surface area contributed by atoms with Gasteiger partial charge in [-0.3, -0.25) is 4.79 Å². The highest BCUT2D eigenvalue weighted by Crippen LogP contribution is 2.49. The number of thiophene rings is 1. The third-order valence-corrected chi connectivity index (χ3v) is 5.26. The molecule has 1 aliphatic rings. The summed E-state index contributed by atoms with van der Waals surface area (Å²) in [6.45, 7) is 3.18. The molecule has 1 heterocycles. The molecule has 1 amide bonds. The Morgan fingerprint density at radius 1 is 1.25 bits per heavy atom. The largest absolute Gasteiger partial charge is 0.416 e. The molecular weight excluding hydrogens is 335 g/mol. The lowest BCUT2D eigenvalue weighted by Crippen LogP contribution is -2.31. The van der Waals surface area contributed by atoms with E-state index >= 15 is 0 Å². The fourth-order valence-corrected chi connectivity index (χ4v) is 3.65. The Balaban J connectivity index is 1.64. The first-order chi connectivity index (χ1) is 11.4. The van der Waals surface area contributed by atoms with E-state index in [0.717, 1.165) is 22.6 Å². The average Bonchev–Trinajstić information content (AvgIpc) is 3.19. The number of halogens is 3. The molecule has 0 spiro atoms. The van der Waals surface area contributed by atoms with E-state index in [-0.39, 0.29) is 17.7 Å². The number of benzene rings is 1. The van der Waals surface area contributed by atoms with Gasteiger partial charge in [0.25, 0.3) is 0 Å². The van der Waals surface area contributed by atoms with Gasteiger partial charge in [-0.1, -0.05) is 18.2 Å². The standard InChI is InChI=1S/C18H18F3NOS/c1-2-22(11-14-4-3-9-24-14)17(23)16-10-15(16)12-5-7-13(8-6-12)18(19,20)21/h3-9,15-16H,2,10-11H2,1H3. The van der Waals surface area contributed by atoms with Crippen molar-refractivity contribution in [2.75, 3.05) is 6.54 Å². The topological polar surface area (TPSA) is 20.3 Å². The molecule has 2 unspecified atom stereocenters. The average molecular weight is 353 g/mol. The van der Waals surface area contributed by atoms with Crippen molar-refractivity contribution < 1.29 is 18.0 Å². The molecule has 3 rings (SSSR count). The Morgan fingerprint density at radius 3 is 2.50 bits per heavy atom. The Morgan fingerprint density at radius 2 is 1.96 bits per heavy atom. The van der Waals surface area contributed by atoms with E-state index in [1.165, 1.54) is 12.1 Å². The molecule has 1 saturated carbocycles. The summed E-state index contributed by atoms with van der Waals surface area (Å²) in [5.41, 5.74) is 0.163. The minimum atomic E-state index is -4.32. The highest BCUT2D eigenvalue weighted by Gasteiger charge is 2.45. The molecule has 0 N–H and O–H groups in total. The molecule has 2 atom stereocenters. The number of alkyl halides is 3. The zero-order valence-corrected chi connectivity index (χ0v) is 14.0. The van der Waals surface area contributed by atoms with Crippen LogP contribution in [0.5, 0.6) is 0 Å². The maximum Gasteiger partial charge on any atom is 0.416 e. The minimum absolute atomic E-state index is 0.0390. The van der Waals surface area contributed by atoms with Gasteiger partial charge in [0.05, 0.1) is 12.1 Å².